The number of piperazine rings is 1. The van der Waals surface area contributed by atoms with Crippen LogP contribution in [0.4, 0.5) is 21.0 Å². The van der Waals surface area contributed by atoms with E-state index in [0.717, 1.165) is 11.4 Å². The minimum atomic E-state index is -0.499. The molecule has 1 aromatic carbocycles. The van der Waals surface area contributed by atoms with Crippen molar-refractivity contribution in [3.63, 3.8) is 0 Å². The molecule has 2 aliphatic rings. The maximum atomic E-state index is 12.2. The molecule has 29 heavy (non-hydrogen) atoms. The summed E-state index contributed by atoms with van der Waals surface area (Å²) in [6, 6.07) is 7.64. The van der Waals surface area contributed by atoms with E-state index in [1.165, 1.54) is 4.90 Å². The highest BCUT2D eigenvalue weighted by atomic mass is 16.6. The van der Waals surface area contributed by atoms with E-state index >= 15 is 0 Å². The maximum absolute atomic E-state index is 12.2. The van der Waals surface area contributed by atoms with Crippen molar-refractivity contribution in [3.05, 3.63) is 34.7 Å². The van der Waals surface area contributed by atoms with Gasteiger partial charge in [0, 0.05) is 42.5 Å². The number of carbonyl (C=O) groups excluding carboxylic acids is 2. The lowest BCUT2D eigenvalue weighted by Gasteiger charge is -2.36. The van der Waals surface area contributed by atoms with Crippen molar-refractivity contribution in [1.82, 2.24) is 4.90 Å². The third-order valence-electron chi connectivity index (χ3n) is 4.68. The summed E-state index contributed by atoms with van der Waals surface area (Å²) in [5, 5.41) is 3.46. The second-order valence-corrected chi connectivity index (χ2v) is 8.00. The molecular formula is C19H26N6O4. The monoisotopic (exact) mass is 402 g/mol. The van der Waals surface area contributed by atoms with Crippen LogP contribution in [0.3, 0.4) is 0 Å². The normalized spacial score (nSPS) is 19.6. The molecule has 1 atom stereocenters. The average Bonchev–Trinajstić information content (AvgIpc) is 3.06. The minimum Gasteiger partial charge on any atom is -0.444 e. The Kier molecular flexibility index (Phi) is 6.03. The summed E-state index contributed by atoms with van der Waals surface area (Å²) < 4.78 is 10.6. The van der Waals surface area contributed by atoms with Crippen LogP contribution in [0.15, 0.2) is 29.4 Å². The van der Waals surface area contributed by atoms with E-state index in [2.05, 4.69) is 14.9 Å². The van der Waals surface area contributed by atoms with Crippen LogP contribution in [-0.4, -0.2) is 68.1 Å². The Morgan fingerprint density at radius 3 is 2.41 bits per heavy atom. The predicted molar refractivity (Wildman–Crippen MR) is 108 cm³/mol. The third-order valence-corrected chi connectivity index (χ3v) is 4.68. The zero-order chi connectivity index (χ0) is 21.0. The number of hydrogen-bond donors (Lipinski definition) is 0. The van der Waals surface area contributed by atoms with Gasteiger partial charge in [-0.2, -0.15) is 0 Å². The van der Waals surface area contributed by atoms with Gasteiger partial charge in [-0.15, -0.1) is 0 Å². The van der Waals surface area contributed by atoms with Gasteiger partial charge in [0.15, 0.2) is 0 Å². The van der Waals surface area contributed by atoms with Gasteiger partial charge in [-0.3, -0.25) is 4.90 Å². The van der Waals surface area contributed by atoms with E-state index in [1.54, 1.807) is 4.90 Å². The molecule has 1 aromatic rings. The first-order valence-electron chi connectivity index (χ1n) is 9.59. The number of hydrogen-bond acceptors (Lipinski definition) is 6. The molecule has 0 spiro atoms. The Labute approximate surface area is 169 Å². The Bertz CT molecular complexity index is 792. The lowest BCUT2D eigenvalue weighted by Crippen LogP contribution is -2.50. The van der Waals surface area contributed by atoms with Gasteiger partial charge >= 0.3 is 12.2 Å². The van der Waals surface area contributed by atoms with E-state index < -0.39 is 17.8 Å². The SMILES string of the molecule is CC(C)(C)OC(=O)N1CCN(c2ccc(N3CC(CN=[N+]=[N-])OC3=O)cc2)CC1. The second kappa shape index (κ2) is 8.48. The summed E-state index contributed by atoms with van der Waals surface area (Å²) >= 11 is 0. The first-order valence-corrected chi connectivity index (χ1v) is 9.59. The number of cyclic esters (lactones) is 1. The van der Waals surface area contributed by atoms with Gasteiger partial charge in [0.1, 0.15) is 11.7 Å². The number of benzene rings is 1. The zero-order valence-corrected chi connectivity index (χ0v) is 16.9. The van der Waals surface area contributed by atoms with E-state index in [0.29, 0.717) is 32.7 Å². The van der Waals surface area contributed by atoms with Crippen molar-refractivity contribution >= 4 is 23.6 Å². The Morgan fingerprint density at radius 1 is 1.21 bits per heavy atom. The molecule has 10 nitrogen and oxygen atoms in total. The molecule has 0 aromatic heterocycles. The van der Waals surface area contributed by atoms with E-state index in [4.69, 9.17) is 15.0 Å². The van der Waals surface area contributed by atoms with Crippen LogP contribution in [0.5, 0.6) is 0 Å². The van der Waals surface area contributed by atoms with Gasteiger partial charge in [0.25, 0.3) is 0 Å². The summed E-state index contributed by atoms with van der Waals surface area (Å²) in [6.07, 6.45) is -1.16. The fraction of sp³-hybridized carbons (Fsp3) is 0.579. The molecule has 0 aliphatic carbocycles. The molecule has 0 N–H and O–H groups in total. The first-order chi connectivity index (χ1) is 13.8. The summed E-state index contributed by atoms with van der Waals surface area (Å²) in [5.74, 6) is 0. The molecule has 2 saturated heterocycles. The van der Waals surface area contributed by atoms with Gasteiger partial charge in [0.05, 0.1) is 13.1 Å². The molecule has 2 heterocycles. The molecule has 2 aliphatic heterocycles. The predicted octanol–water partition coefficient (Wildman–Crippen LogP) is 3.38. The molecule has 2 amide bonds. The van der Waals surface area contributed by atoms with Crippen molar-refractivity contribution in [2.75, 3.05) is 49.1 Å². The van der Waals surface area contributed by atoms with Crippen LogP contribution >= 0.6 is 0 Å². The molecular weight excluding hydrogens is 376 g/mol. The number of azide groups is 1. The quantitative estimate of drug-likeness (QED) is 0.435. The highest BCUT2D eigenvalue weighted by molar-refractivity contribution is 5.90. The summed E-state index contributed by atoms with van der Waals surface area (Å²) in [7, 11) is 0. The summed E-state index contributed by atoms with van der Waals surface area (Å²) in [5.41, 5.74) is 9.65. The highest BCUT2D eigenvalue weighted by Gasteiger charge is 2.32. The van der Waals surface area contributed by atoms with Crippen LogP contribution in [0.1, 0.15) is 20.8 Å². The highest BCUT2D eigenvalue weighted by Crippen LogP contribution is 2.26. The lowest BCUT2D eigenvalue weighted by atomic mass is 10.2. The maximum Gasteiger partial charge on any atom is 0.414 e. The van der Waals surface area contributed by atoms with E-state index in [9.17, 15) is 9.59 Å². The molecule has 3 rings (SSSR count). The van der Waals surface area contributed by atoms with Crippen LogP contribution in [0.2, 0.25) is 0 Å². The molecule has 0 saturated carbocycles. The molecule has 2 fully saturated rings. The number of anilines is 2. The zero-order valence-electron chi connectivity index (χ0n) is 16.9. The average molecular weight is 402 g/mol. The molecule has 0 radical (unpaired) electrons. The standard InChI is InChI=1S/C19H26N6O4/c1-19(2,3)29-17(26)24-10-8-23(9-11-24)14-4-6-15(7-5-14)25-13-16(12-21-22-20)28-18(25)27/h4-7,16H,8-13H2,1-3H3. The van der Waals surface area contributed by atoms with Crippen molar-refractivity contribution < 1.29 is 19.1 Å². The lowest BCUT2D eigenvalue weighted by molar-refractivity contribution is 0.0240. The van der Waals surface area contributed by atoms with Gasteiger partial charge < -0.3 is 19.3 Å². The number of nitrogens with zero attached hydrogens (tertiary/aromatic N) is 6. The molecule has 10 heteroatoms. The Hall–Kier alpha value is -3.13. The third kappa shape index (κ3) is 5.23. The van der Waals surface area contributed by atoms with Crippen LogP contribution in [0, 0.1) is 0 Å². The number of rotatable bonds is 4. The van der Waals surface area contributed by atoms with Gasteiger partial charge in [0.2, 0.25) is 0 Å². The molecule has 1 unspecified atom stereocenters. The number of amides is 2. The van der Waals surface area contributed by atoms with E-state index in [1.807, 2.05) is 45.0 Å². The minimum absolute atomic E-state index is 0.124. The topological polar surface area (TPSA) is 111 Å². The van der Waals surface area contributed by atoms with Gasteiger partial charge in [-0.05, 0) is 50.6 Å². The van der Waals surface area contributed by atoms with Crippen molar-refractivity contribution in [3.8, 4) is 0 Å². The van der Waals surface area contributed by atoms with Crippen LogP contribution in [0.25, 0.3) is 10.4 Å². The van der Waals surface area contributed by atoms with Crippen molar-refractivity contribution in [2.24, 2.45) is 5.11 Å². The molecule has 0 bridgehead atoms. The number of ether oxygens (including phenoxy) is 2. The molecule has 156 valence electrons. The fourth-order valence-electron chi connectivity index (χ4n) is 3.27. The van der Waals surface area contributed by atoms with Crippen molar-refractivity contribution in [2.45, 2.75) is 32.5 Å². The van der Waals surface area contributed by atoms with Crippen LogP contribution < -0.4 is 9.80 Å². The Morgan fingerprint density at radius 2 is 1.83 bits per heavy atom. The fourth-order valence-corrected chi connectivity index (χ4v) is 3.27. The smallest absolute Gasteiger partial charge is 0.414 e. The Balaban J connectivity index is 1.55. The van der Waals surface area contributed by atoms with Crippen molar-refractivity contribution in [1.29, 1.82) is 0 Å². The van der Waals surface area contributed by atoms with Gasteiger partial charge in [-0.1, -0.05) is 5.11 Å². The van der Waals surface area contributed by atoms with E-state index in [-0.39, 0.29) is 12.6 Å². The van der Waals surface area contributed by atoms with Crippen LogP contribution in [-0.2, 0) is 9.47 Å². The second-order valence-electron chi connectivity index (χ2n) is 8.00. The number of carbonyl (C=O) groups is 2. The summed E-state index contributed by atoms with van der Waals surface area (Å²) in [4.78, 5) is 32.4. The van der Waals surface area contributed by atoms with Gasteiger partial charge in [-0.25, -0.2) is 9.59 Å². The summed E-state index contributed by atoms with van der Waals surface area (Å²) in [6.45, 7) is 8.65. The largest absolute Gasteiger partial charge is 0.444 e. The first kappa shape index (κ1) is 20.6.